The topological polar surface area (TPSA) is 55.4 Å². The Morgan fingerprint density at radius 1 is 0.676 bits per heavy atom. The van der Waals surface area contributed by atoms with Gasteiger partial charge in [0.1, 0.15) is 18.3 Å². The van der Waals surface area contributed by atoms with Crippen LogP contribution in [-0.4, -0.2) is 44.4 Å². The van der Waals surface area contributed by atoms with Gasteiger partial charge in [-0.3, -0.25) is 0 Å². The second-order valence-electron chi connectivity index (χ2n) is 8.87. The maximum atomic E-state index is 6.47. The number of hydrogen-bond donors (Lipinski definition) is 0. The SMILES string of the molecule is C/C=C/O[C@@H]1[C@H](OCc2ccccc2)[C@@H](OC)O[C@H](COCc2ccccc2)[C@H]1OCc1ccccc1. The molecule has 6 heteroatoms. The molecule has 0 bridgehead atoms. The maximum Gasteiger partial charge on any atom is 0.187 e. The van der Waals surface area contributed by atoms with Gasteiger partial charge in [0, 0.05) is 7.11 Å². The first-order chi connectivity index (χ1) is 18.3. The van der Waals surface area contributed by atoms with Crippen LogP contribution in [0.15, 0.2) is 103 Å². The highest BCUT2D eigenvalue weighted by molar-refractivity contribution is 5.15. The molecule has 0 amide bonds. The Bertz CT molecular complexity index is 1040. The van der Waals surface area contributed by atoms with E-state index in [1.165, 1.54) is 0 Å². The van der Waals surface area contributed by atoms with Crippen molar-refractivity contribution >= 4 is 0 Å². The number of methoxy groups -OCH3 is 1. The highest BCUT2D eigenvalue weighted by Gasteiger charge is 2.49. The van der Waals surface area contributed by atoms with E-state index in [1.54, 1.807) is 13.4 Å². The average molecular weight is 505 g/mol. The van der Waals surface area contributed by atoms with Crippen LogP contribution in [0.5, 0.6) is 0 Å². The summed E-state index contributed by atoms with van der Waals surface area (Å²) < 4.78 is 37.2. The molecule has 0 N–H and O–H groups in total. The Balaban J connectivity index is 1.53. The van der Waals surface area contributed by atoms with Crippen LogP contribution in [0.4, 0.5) is 0 Å². The van der Waals surface area contributed by atoms with E-state index >= 15 is 0 Å². The highest BCUT2D eigenvalue weighted by Crippen LogP contribution is 2.30. The summed E-state index contributed by atoms with van der Waals surface area (Å²) in [5.41, 5.74) is 3.21. The average Bonchev–Trinajstić information content (AvgIpc) is 2.96. The van der Waals surface area contributed by atoms with Crippen molar-refractivity contribution in [2.75, 3.05) is 13.7 Å². The van der Waals surface area contributed by atoms with Gasteiger partial charge in [-0.25, -0.2) is 0 Å². The van der Waals surface area contributed by atoms with Crippen molar-refractivity contribution in [3.63, 3.8) is 0 Å². The van der Waals surface area contributed by atoms with Gasteiger partial charge >= 0.3 is 0 Å². The summed E-state index contributed by atoms with van der Waals surface area (Å²) in [6.07, 6.45) is 0.980. The smallest absolute Gasteiger partial charge is 0.187 e. The van der Waals surface area contributed by atoms with Gasteiger partial charge in [-0.2, -0.15) is 0 Å². The molecule has 1 aliphatic rings. The van der Waals surface area contributed by atoms with Gasteiger partial charge in [0.05, 0.1) is 32.7 Å². The first kappa shape index (κ1) is 27.0. The van der Waals surface area contributed by atoms with E-state index in [4.69, 9.17) is 28.4 Å². The fraction of sp³-hybridized carbons (Fsp3) is 0.355. The van der Waals surface area contributed by atoms with Crippen molar-refractivity contribution in [2.45, 2.75) is 57.5 Å². The van der Waals surface area contributed by atoms with E-state index in [0.717, 1.165) is 16.7 Å². The lowest BCUT2D eigenvalue weighted by Crippen LogP contribution is -2.61. The molecule has 1 saturated heterocycles. The molecule has 37 heavy (non-hydrogen) atoms. The van der Waals surface area contributed by atoms with Crippen molar-refractivity contribution in [2.24, 2.45) is 0 Å². The molecular weight excluding hydrogens is 468 g/mol. The summed E-state index contributed by atoms with van der Waals surface area (Å²) in [6.45, 7) is 3.49. The summed E-state index contributed by atoms with van der Waals surface area (Å²) >= 11 is 0. The van der Waals surface area contributed by atoms with Crippen LogP contribution >= 0.6 is 0 Å². The quantitative estimate of drug-likeness (QED) is 0.280. The van der Waals surface area contributed by atoms with Crippen molar-refractivity contribution < 1.29 is 28.4 Å². The van der Waals surface area contributed by atoms with Crippen LogP contribution in [-0.2, 0) is 48.2 Å². The second kappa shape index (κ2) is 14.7. The minimum absolute atomic E-state index is 0.315. The predicted molar refractivity (Wildman–Crippen MR) is 141 cm³/mol. The first-order valence-electron chi connectivity index (χ1n) is 12.7. The lowest BCUT2D eigenvalue weighted by Gasteiger charge is -2.45. The van der Waals surface area contributed by atoms with Crippen molar-refractivity contribution in [1.29, 1.82) is 0 Å². The molecule has 0 aliphatic carbocycles. The van der Waals surface area contributed by atoms with Crippen LogP contribution in [0, 0.1) is 0 Å². The normalized spacial score (nSPS) is 23.8. The van der Waals surface area contributed by atoms with Gasteiger partial charge < -0.3 is 28.4 Å². The van der Waals surface area contributed by atoms with Crippen molar-refractivity contribution in [1.82, 2.24) is 0 Å². The molecule has 0 unspecified atom stereocenters. The molecule has 3 aromatic carbocycles. The molecule has 196 valence electrons. The first-order valence-corrected chi connectivity index (χ1v) is 12.7. The van der Waals surface area contributed by atoms with Gasteiger partial charge in [0.2, 0.25) is 0 Å². The summed E-state index contributed by atoms with van der Waals surface area (Å²) in [5, 5.41) is 0. The molecule has 1 aliphatic heterocycles. The lowest BCUT2D eigenvalue weighted by molar-refractivity contribution is -0.315. The van der Waals surface area contributed by atoms with Crippen LogP contribution in [0.1, 0.15) is 23.6 Å². The van der Waals surface area contributed by atoms with E-state index in [9.17, 15) is 0 Å². The molecule has 0 spiro atoms. The molecule has 3 aromatic rings. The summed E-state index contributed by atoms with van der Waals surface area (Å²) in [7, 11) is 1.61. The fourth-order valence-corrected chi connectivity index (χ4v) is 4.30. The number of hydrogen-bond acceptors (Lipinski definition) is 6. The fourth-order valence-electron chi connectivity index (χ4n) is 4.30. The Morgan fingerprint density at radius 3 is 1.70 bits per heavy atom. The predicted octanol–water partition coefficient (Wildman–Crippen LogP) is 5.66. The second-order valence-corrected chi connectivity index (χ2v) is 8.87. The Kier molecular flexibility index (Phi) is 10.7. The van der Waals surface area contributed by atoms with Crippen LogP contribution in [0.2, 0.25) is 0 Å². The molecule has 0 saturated carbocycles. The third-order valence-corrected chi connectivity index (χ3v) is 6.16. The Labute approximate surface area is 219 Å². The third kappa shape index (κ3) is 7.99. The zero-order valence-electron chi connectivity index (χ0n) is 21.5. The van der Waals surface area contributed by atoms with Crippen molar-refractivity contribution in [3.05, 3.63) is 120 Å². The third-order valence-electron chi connectivity index (χ3n) is 6.16. The molecular formula is C31H36O6. The lowest BCUT2D eigenvalue weighted by atomic mass is 9.98. The van der Waals surface area contributed by atoms with E-state index < -0.39 is 30.7 Å². The van der Waals surface area contributed by atoms with Gasteiger partial charge in [0.15, 0.2) is 12.4 Å². The molecule has 1 heterocycles. The van der Waals surface area contributed by atoms with Crippen LogP contribution in [0.3, 0.4) is 0 Å². The van der Waals surface area contributed by atoms with Crippen molar-refractivity contribution in [3.8, 4) is 0 Å². The molecule has 5 atom stereocenters. The standard InChI is InChI=1S/C31H36O6/c1-3-19-34-29-28(35-21-25-15-9-5-10-16-25)27(23-33-20-24-13-7-4-8-14-24)37-31(32-2)30(29)36-22-26-17-11-6-12-18-26/h3-19,27-31H,20-23H2,1-2H3/b19-3+/t27-,28-,29+,30+,31+/m1/s1. The Hall–Kier alpha value is -3.00. The molecule has 4 rings (SSSR count). The zero-order valence-corrected chi connectivity index (χ0v) is 21.5. The zero-order chi connectivity index (χ0) is 25.7. The number of rotatable bonds is 13. The summed E-state index contributed by atoms with van der Waals surface area (Å²) in [6, 6.07) is 30.1. The van der Waals surface area contributed by atoms with Gasteiger partial charge in [-0.15, -0.1) is 0 Å². The number of allylic oxidation sites excluding steroid dienone is 1. The van der Waals surface area contributed by atoms with Crippen LogP contribution in [0.25, 0.3) is 0 Å². The van der Waals surface area contributed by atoms with E-state index in [0.29, 0.717) is 26.4 Å². The highest BCUT2D eigenvalue weighted by atomic mass is 16.7. The minimum Gasteiger partial charge on any atom is -0.493 e. The van der Waals surface area contributed by atoms with Crippen LogP contribution < -0.4 is 0 Å². The van der Waals surface area contributed by atoms with E-state index in [2.05, 4.69) is 0 Å². The Morgan fingerprint density at radius 2 is 1.19 bits per heavy atom. The van der Waals surface area contributed by atoms with Gasteiger partial charge in [0.25, 0.3) is 0 Å². The molecule has 0 aromatic heterocycles. The largest absolute Gasteiger partial charge is 0.493 e. The molecule has 1 fully saturated rings. The summed E-state index contributed by atoms with van der Waals surface area (Å²) in [4.78, 5) is 0. The number of ether oxygens (including phenoxy) is 6. The summed E-state index contributed by atoms with van der Waals surface area (Å²) in [5.74, 6) is 0. The van der Waals surface area contributed by atoms with E-state index in [-0.39, 0.29) is 0 Å². The monoisotopic (exact) mass is 504 g/mol. The van der Waals surface area contributed by atoms with Gasteiger partial charge in [-0.1, -0.05) is 97.1 Å². The maximum absolute atomic E-state index is 6.47. The minimum atomic E-state index is -0.652. The van der Waals surface area contributed by atoms with Gasteiger partial charge in [-0.05, 0) is 23.6 Å². The molecule has 6 nitrogen and oxygen atoms in total. The van der Waals surface area contributed by atoms with E-state index in [1.807, 2.05) is 104 Å². The molecule has 0 radical (unpaired) electrons. The number of benzene rings is 3.